The molecule has 0 radical (unpaired) electrons. The molecule has 0 unspecified atom stereocenters. The third-order valence-electron chi connectivity index (χ3n) is 2.91. The van der Waals surface area contributed by atoms with Crippen LogP contribution in [0.15, 0.2) is 58.3 Å². The van der Waals surface area contributed by atoms with Crippen LogP contribution in [0.1, 0.15) is 5.56 Å². The number of hydrogen-bond acceptors (Lipinski definition) is 5. The highest BCUT2D eigenvalue weighted by molar-refractivity contribution is 8.04. The van der Waals surface area contributed by atoms with E-state index in [0.29, 0.717) is 4.90 Å². The van der Waals surface area contributed by atoms with Crippen molar-refractivity contribution >= 4 is 29.5 Å². The topological polar surface area (TPSA) is 89.7 Å². The van der Waals surface area contributed by atoms with E-state index in [-0.39, 0.29) is 21.9 Å². The third-order valence-corrected chi connectivity index (χ3v) is 3.93. The zero-order valence-corrected chi connectivity index (χ0v) is 13.3. The minimum Gasteiger partial charge on any atom is -0.477 e. The number of rotatable bonds is 7. The van der Waals surface area contributed by atoms with Gasteiger partial charge < -0.3 is 9.84 Å². The fraction of sp³-hybridized carbons (Fsp3) is 0.0625. The summed E-state index contributed by atoms with van der Waals surface area (Å²) in [6, 6.07) is 11.1. The lowest BCUT2D eigenvalue weighted by molar-refractivity contribution is -0.384. The summed E-state index contributed by atoms with van der Waals surface area (Å²) in [4.78, 5) is 21.8. The summed E-state index contributed by atoms with van der Waals surface area (Å²) in [6.45, 7) is -3.04. The Balaban J connectivity index is 2.30. The Hall–Kier alpha value is -2.94. The smallest absolute Gasteiger partial charge is 0.387 e. The molecule has 0 atom stereocenters. The highest BCUT2D eigenvalue weighted by Crippen LogP contribution is 2.32. The van der Waals surface area contributed by atoms with E-state index in [1.54, 1.807) is 6.07 Å². The molecular formula is C16H11F2NO5S. The Bertz CT molecular complexity index is 808. The zero-order chi connectivity index (χ0) is 18.4. The summed E-state index contributed by atoms with van der Waals surface area (Å²) in [5.41, 5.74) is 0.0514. The van der Waals surface area contributed by atoms with Gasteiger partial charge in [0.2, 0.25) is 0 Å². The molecule has 0 saturated carbocycles. The lowest BCUT2D eigenvalue weighted by Gasteiger charge is -2.09. The molecule has 0 saturated heterocycles. The van der Waals surface area contributed by atoms with Crippen LogP contribution in [0.4, 0.5) is 14.5 Å². The number of nitro benzene ring substituents is 1. The Morgan fingerprint density at radius 3 is 2.40 bits per heavy atom. The number of non-ortho nitro benzene ring substituents is 1. The van der Waals surface area contributed by atoms with E-state index in [9.17, 15) is 28.8 Å². The Morgan fingerprint density at radius 2 is 1.84 bits per heavy atom. The number of para-hydroxylation sites is 1. The van der Waals surface area contributed by atoms with Gasteiger partial charge in [-0.25, -0.2) is 4.79 Å². The van der Waals surface area contributed by atoms with Gasteiger partial charge in [-0.05, 0) is 24.3 Å². The molecule has 1 N–H and O–H groups in total. The first-order valence-electron chi connectivity index (χ1n) is 6.78. The summed E-state index contributed by atoms with van der Waals surface area (Å²) >= 11 is 0.836. The van der Waals surface area contributed by atoms with Gasteiger partial charge in [-0.3, -0.25) is 10.1 Å². The van der Waals surface area contributed by atoms with Crippen molar-refractivity contribution in [3.05, 3.63) is 69.1 Å². The van der Waals surface area contributed by atoms with Crippen molar-refractivity contribution in [2.75, 3.05) is 0 Å². The quantitative estimate of drug-likeness (QED) is 0.337. The van der Waals surface area contributed by atoms with Crippen LogP contribution in [0.2, 0.25) is 0 Å². The number of carbonyl (C=O) groups is 1. The largest absolute Gasteiger partial charge is 0.477 e. The highest BCUT2D eigenvalue weighted by atomic mass is 32.2. The summed E-state index contributed by atoms with van der Waals surface area (Å²) in [5.74, 6) is -1.42. The number of ether oxygens (including phenoxy) is 1. The number of aliphatic carboxylic acids is 1. The lowest BCUT2D eigenvalue weighted by atomic mass is 10.2. The fourth-order valence-electron chi connectivity index (χ4n) is 1.84. The highest BCUT2D eigenvalue weighted by Gasteiger charge is 2.14. The van der Waals surface area contributed by atoms with Gasteiger partial charge in [-0.15, -0.1) is 0 Å². The van der Waals surface area contributed by atoms with Crippen LogP contribution in [0.5, 0.6) is 5.75 Å². The zero-order valence-electron chi connectivity index (χ0n) is 12.5. The molecule has 2 rings (SSSR count). The molecule has 6 nitrogen and oxygen atoms in total. The third kappa shape index (κ3) is 5.28. The monoisotopic (exact) mass is 367 g/mol. The van der Waals surface area contributed by atoms with Crippen molar-refractivity contribution in [2.45, 2.75) is 11.5 Å². The van der Waals surface area contributed by atoms with Crippen molar-refractivity contribution in [2.24, 2.45) is 0 Å². The second-order valence-electron chi connectivity index (χ2n) is 4.58. The van der Waals surface area contributed by atoms with Crippen molar-refractivity contribution in [3.63, 3.8) is 0 Å². The molecule has 0 aliphatic rings. The number of halogens is 2. The van der Waals surface area contributed by atoms with E-state index < -0.39 is 17.5 Å². The van der Waals surface area contributed by atoms with Crippen LogP contribution >= 0.6 is 11.8 Å². The fourth-order valence-corrected chi connectivity index (χ4v) is 2.64. The average molecular weight is 367 g/mol. The number of nitrogens with zero attached hydrogens (tertiary/aromatic N) is 1. The van der Waals surface area contributed by atoms with Crippen LogP contribution in [-0.2, 0) is 4.79 Å². The second-order valence-corrected chi connectivity index (χ2v) is 5.70. The van der Waals surface area contributed by atoms with E-state index in [2.05, 4.69) is 4.74 Å². The van der Waals surface area contributed by atoms with E-state index in [1.165, 1.54) is 48.5 Å². The van der Waals surface area contributed by atoms with Crippen LogP contribution in [0, 0.1) is 10.1 Å². The second kappa shape index (κ2) is 8.25. The normalized spacial score (nSPS) is 11.4. The average Bonchev–Trinajstić information content (AvgIpc) is 2.55. The molecule has 0 heterocycles. The SMILES string of the molecule is O=C(O)/C(=C\c1ccccc1OC(F)F)Sc1ccc([N+](=O)[O-])cc1. The molecule has 0 bridgehead atoms. The first kappa shape index (κ1) is 18.4. The van der Waals surface area contributed by atoms with Crippen LogP contribution in [-0.4, -0.2) is 22.6 Å². The number of carboxylic acid groups (broad SMARTS) is 1. The van der Waals surface area contributed by atoms with E-state index in [1.807, 2.05) is 0 Å². The standard InChI is InChI=1S/C16H11F2NO5S/c17-16(18)24-13-4-2-1-3-10(13)9-14(15(20)21)25-12-7-5-11(6-8-12)19(22)23/h1-9,16H,(H,20,21)/b14-9+. The molecule has 2 aromatic carbocycles. The maximum absolute atomic E-state index is 12.4. The Morgan fingerprint density at radius 1 is 1.20 bits per heavy atom. The minimum absolute atomic E-state index is 0.124. The molecule has 0 spiro atoms. The van der Waals surface area contributed by atoms with Gasteiger partial charge in [0.25, 0.3) is 5.69 Å². The van der Waals surface area contributed by atoms with Crippen molar-refractivity contribution in [1.82, 2.24) is 0 Å². The maximum atomic E-state index is 12.4. The number of alkyl halides is 2. The van der Waals surface area contributed by atoms with Crippen molar-refractivity contribution in [3.8, 4) is 5.75 Å². The molecule has 0 fully saturated rings. The lowest BCUT2D eigenvalue weighted by Crippen LogP contribution is -2.03. The maximum Gasteiger partial charge on any atom is 0.387 e. The molecule has 25 heavy (non-hydrogen) atoms. The summed E-state index contributed by atoms with van der Waals surface area (Å²) in [5, 5.41) is 20.0. The van der Waals surface area contributed by atoms with Gasteiger partial charge in [0, 0.05) is 22.6 Å². The molecule has 2 aromatic rings. The van der Waals surface area contributed by atoms with Crippen LogP contribution in [0.25, 0.3) is 6.08 Å². The number of benzene rings is 2. The molecule has 130 valence electrons. The van der Waals surface area contributed by atoms with E-state index in [4.69, 9.17) is 0 Å². The number of thioether (sulfide) groups is 1. The van der Waals surface area contributed by atoms with Crippen molar-refractivity contribution < 1.29 is 28.3 Å². The molecule has 0 amide bonds. The molecule has 0 aromatic heterocycles. The molecule has 0 aliphatic carbocycles. The number of nitro groups is 1. The van der Waals surface area contributed by atoms with Gasteiger partial charge >= 0.3 is 12.6 Å². The Kier molecular flexibility index (Phi) is 6.07. The van der Waals surface area contributed by atoms with Crippen LogP contribution in [0.3, 0.4) is 0 Å². The predicted octanol–water partition coefficient (Wildman–Crippen LogP) is 4.41. The van der Waals surface area contributed by atoms with Crippen LogP contribution < -0.4 is 4.74 Å². The van der Waals surface area contributed by atoms with E-state index >= 15 is 0 Å². The van der Waals surface area contributed by atoms with Gasteiger partial charge in [0.05, 0.1) is 9.83 Å². The first-order chi connectivity index (χ1) is 11.9. The van der Waals surface area contributed by atoms with E-state index in [0.717, 1.165) is 11.8 Å². The molecular weight excluding hydrogens is 356 g/mol. The summed E-state index contributed by atoms with van der Waals surface area (Å²) in [6.07, 6.45) is 1.20. The first-order valence-corrected chi connectivity index (χ1v) is 7.59. The van der Waals surface area contributed by atoms with Gasteiger partial charge in [-0.1, -0.05) is 30.0 Å². The predicted molar refractivity (Wildman–Crippen MR) is 87.6 cm³/mol. The summed E-state index contributed by atoms with van der Waals surface area (Å²) < 4.78 is 29.2. The molecule has 9 heteroatoms. The number of hydrogen-bond donors (Lipinski definition) is 1. The minimum atomic E-state index is -3.04. The molecule has 0 aliphatic heterocycles. The van der Waals surface area contributed by atoms with Crippen molar-refractivity contribution in [1.29, 1.82) is 0 Å². The Labute approximate surface area is 144 Å². The number of carboxylic acids is 1. The van der Waals surface area contributed by atoms with Gasteiger partial charge in [0.1, 0.15) is 5.75 Å². The van der Waals surface area contributed by atoms with Gasteiger partial charge in [0.15, 0.2) is 0 Å². The van der Waals surface area contributed by atoms with Gasteiger partial charge in [-0.2, -0.15) is 8.78 Å². The summed E-state index contributed by atoms with van der Waals surface area (Å²) in [7, 11) is 0.